The van der Waals surface area contributed by atoms with Crippen molar-refractivity contribution in [3.8, 4) is 0 Å². The van der Waals surface area contributed by atoms with Crippen LogP contribution in [-0.4, -0.2) is 31.3 Å². The fraction of sp³-hybridized carbons (Fsp3) is 0.600. The molecule has 106 valence electrons. The zero-order chi connectivity index (χ0) is 13.8. The number of nitrogens with zero attached hydrogens (tertiary/aromatic N) is 1. The highest BCUT2D eigenvalue weighted by molar-refractivity contribution is 6.30. The van der Waals surface area contributed by atoms with Crippen molar-refractivity contribution in [2.24, 2.45) is 5.92 Å². The summed E-state index contributed by atoms with van der Waals surface area (Å²) in [4.78, 5) is 2.26. The van der Waals surface area contributed by atoms with Gasteiger partial charge in [0.15, 0.2) is 0 Å². The van der Waals surface area contributed by atoms with Crippen LogP contribution in [-0.2, 0) is 6.54 Å². The van der Waals surface area contributed by atoms with Crippen molar-refractivity contribution < 1.29 is 5.11 Å². The molecule has 1 aliphatic carbocycles. The molecule has 0 aromatic heterocycles. The fourth-order valence-corrected chi connectivity index (χ4v) is 2.80. The molecule has 4 heteroatoms. The Balaban J connectivity index is 2.05. The van der Waals surface area contributed by atoms with Gasteiger partial charge in [-0.15, -0.1) is 0 Å². The molecule has 0 spiro atoms. The lowest BCUT2D eigenvalue weighted by molar-refractivity contribution is 0.0464. The predicted octanol–water partition coefficient (Wildman–Crippen LogP) is 2.66. The van der Waals surface area contributed by atoms with Crippen molar-refractivity contribution in [2.45, 2.75) is 32.4 Å². The first-order valence-corrected chi connectivity index (χ1v) is 7.36. The van der Waals surface area contributed by atoms with Gasteiger partial charge in [-0.2, -0.15) is 0 Å². The number of hydrogen-bond donors (Lipinski definition) is 2. The Morgan fingerprint density at radius 2 is 2.16 bits per heavy atom. The molecule has 0 radical (unpaired) electrons. The lowest BCUT2D eigenvalue weighted by Crippen LogP contribution is -2.37. The molecule has 0 unspecified atom stereocenters. The summed E-state index contributed by atoms with van der Waals surface area (Å²) in [6.45, 7) is 4.91. The molecule has 2 rings (SSSR count). The molecule has 1 aliphatic rings. The number of halogens is 1. The second kappa shape index (κ2) is 6.60. The van der Waals surface area contributed by atoms with E-state index in [1.165, 1.54) is 11.3 Å². The zero-order valence-corrected chi connectivity index (χ0v) is 12.5. The number of benzene rings is 1. The first-order chi connectivity index (χ1) is 9.10. The van der Waals surface area contributed by atoms with Crippen molar-refractivity contribution in [1.29, 1.82) is 0 Å². The molecule has 0 bridgehead atoms. The smallest absolute Gasteiger partial charge is 0.0546 e. The minimum absolute atomic E-state index is 0.0843. The third-order valence-corrected chi connectivity index (χ3v) is 4.00. The number of nitrogens with one attached hydrogen (secondary N) is 1. The maximum Gasteiger partial charge on any atom is 0.0546 e. The number of aliphatic hydroxyl groups is 1. The largest absolute Gasteiger partial charge is 0.393 e. The van der Waals surface area contributed by atoms with E-state index in [0.717, 1.165) is 37.5 Å². The van der Waals surface area contributed by atoms with Gasteiger partial charge in [-0.1, -0.05) is 24.6 Å². The van der Waals surface area contributed by atoms with E-state index in [1.807, 2.05) is 12.1 Å². The monoisotopic (exact) mass is 282 g/mol. The van der Waals surface area contributed by atoms with E-state index in [1.54, 1.807) is 0 Å². The Bertz CT molecular complexity index is 419. The van der Waals surface area contributed by atoms with E-state index in [2.05, 4.69) is 30.3 Å². The molecule has 2 N–H and O–H groups in total. The van der Waals surface area contributed by atoms with Gasteiger partial charge in [0.25, 0.3) is 0 Å². The van der Waals surface area contributed by atoms with E-state index in [4.69, 9.17) is 11.6 Å². The summed E-state index contributed by atoms with van der Waals surface area (Å²) in [7, 11) is 2.10. The first-order valence-electron chi connectivity index (χ1n) is 6.98. The Hall–Kier alpha value is -0.770. The average Bonchev–Trinajstić information content (AvgIpc) is 2.35. The van der Waals surface area contributed by atoms with Crippen LogP contribution < -0.4 is 10.2 Å². The summed E-state index contributed by atoms with van der Waals surface area (Å²) < 4.78 is 0. The lowest BCUT2D eigenvalue weighted by atomic mass is 9.82. The van der Waals surface area contributed by atoms with Gasteiger partial charge in [-0.25, -0.2) is 0 Å². The summed E-state index contributed by atoms with van der Waals surface area (Å²) in [6.07, 6.45) is 1.76. The Morgan fingerprint density at radius 1 is 1.42 bits per heavy atom. The minimum atomic E-state index is -0.0843. The summed E-state index contributed by atoms with van der Waals surface area (Å²) in [5.41, 5.74) is 2.46. The number of anilines is 1. The van der Waals surface area contributed by atoms with Crippen LogP contribution in [0.3, 0.4) is 0 Å². The Kier molecular flexibility index (Phi) is 5.08. The van der Waals surface area contributed by atoms with Crippen LogP contribution in [0.4, 0.5) is 5.69 Å². The molecule has 0 saturated heterocycles. The third-order valence-electron chi connectivity index (χ3n) is 3.77. The van der Waals surface area contributed by atoms with Crippen LogP contribution in [0.5, 0.6) is 0 Å². The Labute approximate surface area is 120 Å². The van der Waals surface area contributed by atoms with Gasteiger partial charge < -0.3 is 15.3 Å². The molecule has 1 aromatic rings. The van der Waals surface area contributed by atoms with Gasteiger partial charge in [-0.05, 0) is 43.0 Å². The normalized spacial score (nSPS) is 22.1. The number of aliphatic hydroxyl groups excluding tert-OH is 1. The molecule has 1 aromatic carbocycles. The summed E-state index contributed by atoms with van der Waals surface area (Å²) >= 11 is 6.12. The standard InChI is InChI=1S/C15H23ClN2O/c1-3-17-9-12-4-5-13(16)8-15(12)18(2)10-11-6-14(19)7-11/h4-5,8,11,14,17,19H,3,6-7,9-10H2,1-2H3. The maximum atomic E-state index is 9.37. The van der Waals surface area contributed by atoms with Crippen LogP contribution in [0.15, 0.2) is 18.2 Å². The average molecular weight is 283 g/mol. The minimum Gasteiger partial charge on any atom is -0.393 e. The zero-order valence-electron chi connectivity index (χ0n) is 11.7. The first kappa shape index (κ1) is 14.6. The molecule has 3 nitrogen and oxygen atoms in total. The summed E-state index contributed by atoms with van der Waals surface area (Å²) in [6, 6.07) is 6.06. The lowest BCUT2D eigenvalue weighted by Gasteiger charge is -2.35. The summed E-state index contributed by atoms with van der Waals surface area (Å²) in [5, 5.41) is 13.5. The number of rotatable bonds is 6. The van der Waals surface area contributed by atoms with Gasteiger partial charge in [0.2, 0.25) is 0 Å². The van der Waals surface area contributed by atoms with Crippen molar-refractivity contribution in [3.63, 3.8) is 0 Å². The van der Waals surface area contributed by atoms with Crippen molar-refractivity contribution in [2.75, 3.05) is 25.0 Å². The van der Waals surface area contributed by atoms with E-state index in [0.29, 0.717) is 5.92 Å². The van der Waals surface area contributed by atoms with Crippen LogP contribution in [0, 0.1) is 5.92 Å². The van der Waals surface area contributed by atoms with Gasteiger partial charge in [0.1, 0.15) is 0 Å². The second-order valence-electron chi connectivity index (χ2n) is 5.43. The van der Waals surface area contributed by atoms with E-state index >= 15 is 0 Å². The SMILES string of the molecule is CCNCc1ccc(Cl)cc1N(C)CC1CC(O)C1. The molecule has 0 atom stereocenters. The van der Waals surface area contributed by atoms with Crippen molar-refractivity contribution in [1.82, 2.24) is 5.32 Å². The van der Waals surface area contributed by atoms with Crippen LogP contribution in [0.1, 0.15) is 25.3 Å². The van der Waals surface area contributed by atoms with E-state index in [-0.39, 0.29) is 6.10 Å². The van der Waals surface area contributed by atoms with E-state index < -0.39 is 0 Å². The highest BCUT2D eigenvalue weighted by atomic mass is 35.5. The quantitative estimate of drug-likeness (QED) is 0.842. The molecule has 1 fully saturated rings. The van der Waals surface area contributed by atoms with Gasteiger partial charge in [-0.3, -0.25) is 0 Å². The molecule has 0 heterocycles. The topological polar surface area (TPSA) is 35.5 Å². The molecular formula is C15H23ClN2O. The molecule has 0 amide bonds. The maximum absolute atomic E-state index is 9.37. The molecule has 1 saturated carbocycles. The van der Waals surface area contributed by atoms with Crippen LogP contribution in [0.2, 0.25) is 5.02 Å². The summed E-state index contributed by atoms with van der Waals surface area (Å²) in [5.74, 6) is 0.603. The third kappa shape index (κ3) is 3.85. The van der Waals surface area contributed by atoms with Crippen LogP contribution >= 0.6 is 11.6 Å². The second-order valence-corrected chi connectivity index (χ2v) is 5.86. The molecule has 0 aliphatic heterocycles. The van der Waals surface area contributed by atoms with Crippen molar-refractivity contribution >= 4 is 17.3 Å². The van der Waals surface area contributed by atoms with Crippen molar-refractivity contribution in [3.05, 3.63) is 28.8 Å². The fourth-order valence-electron chi connectivity index (χ4n) is 2.64. The number of hydrogen-bond acceptors (Lipinski definition) is 3. The van der Waals surface area contributed by atoms with Gasteiger partial charge in [0.05, 0.1) is 6.10 Å². The molecule has 19 heavy (non-hydrogen) atoms. The van der Waals surface area contributed by atoms with E-state index in [9.17, 15) is 5.11 Å². The molecular weight excluding hydrogens is 260 g/mol. The Morgan fingerprint density at radius 3 is 2.79 bits per heavy atom. The van der Waals surface area contributed by atoms with Gasteiger partial charge in [0, 0.05) is 30.8 Å². The van der Waals surface area contributed by atoms with Gasteiger partial charge >= 0.3 is 0 Å². The van der Waals surface area contributed by atoms with Crippen LogP contribution in [0.25, 0.3) is 0 Å². The predicted molar refractivity (Wildman–Crippen MR) is 80.8 cm³/mol. The highest BCUT2D eigenvalue weighted by Gasteiger charge is 2.28. The highest BCUT2D eigenvalue weighted by Crippen LogP contribution is 2.31.